The Bertz CT molecular complexity index is 1300. The van der Waals surface area contributed by atoms with Crippen LogP contribution in [0.4, 0.5) is 5.13 Å². The molecule has 2 N–H and O–H groups in total. The third-order valence-electron chi connectivity index (χ3n) is 5.36. The maximum atomic E-state index is 12.7. The van der Waals surface area contributed by atoms with E-state index in [0.29, 0.717) is 18.8 Å². The quantitative estimate of drug-likeness (QED) is 0.432. The average Bonchev–Trinajstić information content (AvgIpc) is 3.59. The molecule has 1 fully saturated rings. The Morgan fingerprint density at radius 3 is 2.56 bits per heavy atom. The van der Waals surface area contributed by atoms with E-state index in [4.69, 9.17) is 4.74 Å². The van der Waals surface area contributed by atoms with Crippen LogP contribution in [-0.4, -0.2) is 52.9 Å². The van der Waals surface area contributed by atoms with Gasteiger partial charge in [-0.2, -0.15) is 5.10 Å². The van der Waals surface area contributed by atoms with Crippen molar-refractivity contribution >= 4 is 28.3 Å². The number of ether oxygens (including phenoxy) is 1. The minimum Gasteiger partial charge on any atom is -0.378 e. The summed E-state index contributed by atoms with van der Waals surface area (Å²) in [6.07, 6.45) is 1.72. The molecule has 0 bridgehead atoms. The first-order chi connectivity index (χ1) is 16.7. The molecule has 34 heavy (non-hydrogen) atoms. The van der Waals surface area contributed by atoms with Gasteiger partial charge in [-0.15, -0.1) is 11.3 Å². The largest absolute Gasteiger partial charge is 0.378 e. The van der Waals surface area contributed by atoms with E-state index in [1.807, 2.05) is 42.5 Å². The smallest absolute Gasteiger partial charge is 0.289 e. The lowest BCUT2D eigenvalue weighted by molar-refractivity contribution is 0.0844. The van der Waals surface area contributed by atoms with Crippen LogP contribution in [0.3, 0.4) is 0 Å². The molecule has 0 spiro atoms. The predicted octanol–water partition coefficient (Wildman–Crippen LogP) is 2.91. The van der Waals surface area contributed by atoms with Gasteiger partial charge in [0.15, 0.2) is 5.13 Å². The lowest BCUT2D eigenvalue weighted by atomic mass is 10.1. The molecule has 172 valence electrons. The van der Waals surface area contributed by atoms with Crippen molar-refractivity contribution in [3.05, 3.63) is 83.5 Å². The molecule has 1 aliphatic rings. The fourth-order valence-corrected chi connectivity index (χ4v) is 4.49. The monoisotopic (exact) mass is 474 g/mol. The number of nitrogens with one attached hydrogen (secondary N) is 2. The molecule has 5 rings (SSSR count). The molecule has 0 aliphatic carbocycles. The molecule has 0 atom stereocenters. The molecule has 0 saturated carbocycles. The molecule has 3 heterocycles. The van der Waals surface area contributed by atoms with E-state index in [-0.39, 0.29) is 5.69 Å². The Hall–Kier alpha value is -4.02. The van der Waals surface area contributed by atoms with E-state index in [1.54, 1.807) is 34.5 Å². The molecular weight excluding hydrogens is 452 g/mol. The Morgan fingerprint density at radius 1 is 0.941 bits per heavy atom. The second-order valence-corrected chi connectivity index (χ2v) is 8.40. The molecule has 0 radical (unpaired) electrons. The Morgan fingerprint density at radius 2 is 1.74 bits per heavy atom. The molecule has 9 nitrogen and oxygen atoms in total. The summed E-state index contributed by atoms with van der Waals surface area (Å²) in [5.41, 5.74) is 8.21. The van der Waals surface area contributed by atoms with Crippen LogP contribution in [0.2, 0.25) is 0 Å². The van der Waals surface area contributed by atoms with E-state index >= 15 is 0 Å². The summed E-state index contributed by atoms with van der Waals surface area (Å²) in [5, 5.41) is 6.86. The number of hydrogen-bond acceptors (Lipinski definition) is 7. The topological polar surface area (TPSA) is 101 Å². The number of amides is 2. The van der Waals surface area contributed by atoms with Crippen molar-refractivity contribution in [1.82, 2.24) is 25.6 Å². The number of thiazole rings is 1. The van der Waals surface area contributed by atoms with Gasteiger partial charge in [0, 0.05) is 29.6 Å². The molecular formula is C24H22N6O3S. The maximum absolute atomic E-state index is 12.7. The van der Waals surface area contributed by atoms with Gasteiger partial charge in [0.25, 0.3) is 11.8 Å². The minimum absolute atomic E-state index is 0.254. The summed E-state index contributed by atoms with van der Waals surface area (Å²) in [7, 11) is 0. The summed E-state index contributed by atoms with van der Waals surface area (Å²) in [6, 6.07) is 18.9. The SMILES string of the molecule is O=C(NNC(=O)c1csc(N2CCOCC2)n1)c1cccc(-n2nccc2-c2ccccc2)c1. The molecule has 2 amide bonds. The van der Waals surface area contributed by atoms with Crippen LogP contribution < -0.4 is 15.8 Å². The number of anilines is 1. The zero-order chi connectivity index (χ0) is 23.3. The van der Waals surface area contributed by atoms with Gasteiger partial charge in [-0.1, -0.05) is 36.4 Å². The van der Waals surface area contributed by atoms with Crippen molar-refractivity contribution < 1.29 is 14.3 Å². The minimum atomic E-state index is -0.473. The summed E-state index contributed by atoms with van der Waals surface area (Å²) < 4.78 is 7.12. The standard InChI is InChI=1S/C24H22N6O3S/c31-22(27-28-23(32)20-16-34-24(26-20)29-11-13-33-14-12-29)18-7-4-8-19(15-18)30-21(9-10-25-30)17-5-2-1-3-6-17/h1-10,15-16H,11-14H2,(H,27,31)(H,28,32). The van der Waals surface area contributed by atoms with E-state index in [9.17, 15) is 9.59 Å². The second-order valence-electron chi connectivity index (χ2n) is 7.57. The van der Waals surface area contributed by atoms with Gasteiger partial charge in [-0.05, 0) is 24.3 Å². The highest BCUT2D eigenvalue weighted by Gasteiger charge is 2.18. The van der Waals surface area contributed by atoms with E-state index in [2.05, 4.69) is 25.8 Å². The average molecular weight is 475 g/mol. The van der Waals surface area contributed by atoms with Gasteiger partial charge in [0.1, 0.15) is 5.69 Å². The number of benzene rings is 2. The zero-order valence-corrected chi connectivity index (χ0v) is 19.0. The number of carbonyl (C=O) groups is 2. The molecule has 2 aromatic heterocycles. The first-order valence-electron chi connectivity index (χ1n) is 10.8. The van der Waals surface area contributed by atoms with E-state index in [0.717, 1.165) is 35.2 Å². The van der Waals surface area contributed by atoms with Gasteiger partial charge in [-0.3, -0.25) is 20.4 Å². The van der Waals surface area contributed by atoms with Crippen LogP contribution in [0, 0.1) is 0 Å². The fourth-order valence-electron chi connectivity index (χ4n) is 3.63. The fraction of sp³-hybridized carbons (Fsp3) is 0.167. The van der Waals surface area contributed by atoms with E-state index < -0.39 is 11.8 Å². The lowest BCUT2D eigenvalue weighted by Gasteiger charge is -2.25. The molecule has 1 saturated heterocycles. The molecule has 4 aromatic rings. The van der Waals surface area contributed by atoms with Crippen LogP contribution >= 0.6 is 11.3 Å². The Balaban J connectivity index is 1.25. The normalized spacial score (nSPS) is 13.5. The van der Waals surface area contributed by atoms with Crippen molar-refractivity contribution in [1.29, 1.82) is 0 Å². The molecule has 0 unspecified atom stereocenters. The third kappa shape index (κ3) is 4.68. The number of morpholine rings is 1. The summed E-state index contributed by atoms with van der Waals surface area (Å²) in [4.78, 5) is 31.7. The van der Waals surface area contributed by atoms with Gasteiger partial charge >= 0.3 is 0 Å². The predicted molar refractivity (Wildman–Crippen MR) is 129 cm³/mol. The van der Waals surface area contributed by atoms with Crippen LogP contribution in [0.5, 0.6) is 0 Å². The van der Waals surface area contributed by atoms with Crippen molar-refractivity contribution in [2.45, 2.75) is 0 Å². The van der Waals surface area contributed by atoms with Crippen molar-refractivity contribution in [2.24, 2.45) is 0 Å². The van der Waals surface area contributed by atoms with Gasteiger partial charge in [0.05, 0.1) is 30.8 Å². The van der Waals surface area contributed by atoms with Gasteiger partial charge in [-0.25, -0.2) is 9.67 Å². The van der Waals surface area contributed by atoms with Crippen molar-refractivity contribution in [3.63, 3.8) is 0 Å². The van der Waals surface area contributed by atoms with Crippen LogP contribution in [0.15, 0.2) is 72.2 Å². The number of nitrogens with zero attached hydrogens (tertiary/aromatic N) is 4. The maximum Gasteiger partial charge on any atom is 0.289 e. The summed E-state index contributed by atoms with van der Waals surface area (Å²) in [6.45, 7) is 2.76. The lowest BCUT2D eigenvalue weighted by Crippen LogP contribution is -2.42. The highest BCUT2D eigenvalue weighted by Crippen LogP contribution is 2.23. The molecule has 2 aromatic carbocycles. The third-order valence-corrected chi connectivity index (χ3v) is 6.26. The van der Waals surface area contributed by atoms with Crippen LogP contribution in [-0.2, 0) is 4.74 Å². The highest BCUT2D eigenvalue weighted by atomic mass is 32.1. The summed E-state index contributed by atoms with van der Waals surface area (Å²) in [5.74, 6) is -0.911. The molecule has 1 aliphatic heterocycles. The van der Waals surface area contributed by atoms with Crippen LogP contribution in [0.1, 0.15) is 20.8 Å². The second kappa shape index (κ2) is 9.86. The van der Waals surface area contributed by atoms with Crippen LogP contribution in [0.25, 0.3) is 16.9 Å². The van der Waals surface area contributed by atoms with Crippen molar-refractivity contribution in [3.8, 4) is 16.9 Å². The highest BCUT2D eigenvalue weighted by molar-refractivity contribution is 7.13. The number of hydrogen-bond donors (Lipinski definition) is 2. The van der Waals surface area contributed by atoms with E-state index in [1.165, 1.54) is 11.3 Å². The number of rotatable bonds is 5. The Labute approximate surface area is 200 Å². The first kappa shape index (κ1) is 21.8. The first-order valence-corrected chi connectivity index (χ1v) is 11.7. The summed E-state index contributed by atoms with van der Waals surface area (Å²) >= 11 is 1.39. The van der Waals surface area contributed by atoms with Crippen molar-refractivity contribution in [2.75, 3.05) is 31.2 Å². The zero-order valence-electron chi connectivity index (χ0n) is 18.2. The number of hydrazine groups is 1. The van der Waals surface area contributed by atoms with Gasteiger partial charge < -0.3 is 9.64 Å². The Kier molecular flexibility index (Phi) is 6.32. The number of carbonyl (C=O) groups excluding carboxylic acids is 2. The number of aromatic nitrogens is 3. The van der Waals surface area contributed by atoms with Gasteiger partial charge in [0.2, 0.25) is 0 Å². The molecule has 10 heteroatoms.